The molecule has 6 amide bonds. The lowest BCUT2D eigenvalue weighted by molar-refractivity contribution is -0.172. The molecule has 27 heteroatoms. The van der Waals surface area contributed by atoms with Crippen LogP contribution in [0.15, 0.2) is 121 Å². The molecule has 9 N–H and O–H groups in total. The summed E-state index contributed by atoms with van der Waals surface area (Å²) in [7, 11) is 8.78. The summed E-state index contributed by atoms with van der Waals surface area (Å²) in [5, 5.41) is 55.5. The van der Waals surface area contributed by atoms with Crippen LogP contribution in [0.4, 0.5) is 45.1 Å². The SMILES string of the molecule is CCOCCCC[C@@](O)(c1cc(F)cc(F)c1F)[C@@H]1CCCN(C(=O)N[C@H](CNC)CC2CCC(C)(F)CC2)C1.CNC[C@H](CC(C)C(F)(F)F)NC(=O)N1CCC[C@@H]([C@@](O)(CCCCOC)c2ccccc2Oc2ccccc2)C1.CNC[C@H](CC1CCCCC1)NC(=O)N1CCC[C@@H]([C@@](O)(CCCCOC)c2ccccc2COc2ccccc2)C1. The number of rotatable bonds is 42. The summed E-state index contributed by atoms with van der Waals surface area (Å²) in [6.45, 7) is 11.4. The minimum absolute atomic E-state index is 0.00168. The number of aliphatic hydroxyl groups is 3. The van der Waals surface area contributed by atoms with Gasteiger partial charge >= 0.3 is 24.3 Å². The number of unbranched alkanes of at least 4 members (excludes halogenated alkanes) is 3. The van der Waals surface area contributed by atoms with E-state index in [-0.39, 0.29) is 68.5 Å². The van der Waals surface area contributed by atoms with Crippen LogP contribution in [-0.2, 0) is 37.6 Å². The second kappa shape index (κ2) is 51.5. The van der Waals surface area contributed by atoms with Crippen LogP contribution in [0.25, 0.3) is 0 Å². The lowest BCUT2D eigenvalue weighted by atomic mass is 9.72. The fourth-order valence-corrected chi connectivity index (χ4v) is 18.9. The van der Waals surface area contributed by atoms with Gasteiger partial charge in [0.25, 0.3) is 0 Å². The summed E-state index contributed by atoms with van der Waals surface area (Å²) in [4.78, 5) is 45.5. The van der Waals surface area contributed by atoms with Gasteiger partial charge < -0.3 is 85.6 Å². The highest BCUT2D eigenvalue weighted by atomic mass is 19.4. The second-order valence-corrected chi connectivity index (χ2v) is 35.2. The zero-order valence-electron chi connectivity index (χ0n) is 74.3. The van der Waals surface area contributed by atoms with Crippen LogP contribution in [0.3, 0.4) is 0 Å². The van der Waals surface area contributed by atoms with Gasteiger partial charge in [0.1, 0.15) is 35.3 Å². The number of alkyl halides is 4. The fraction of sp³-hybridized carbons (Fsp3) is 0.656. The van der Waals surface area contributed by atoms with Gasteiger partial charge in [-0.05, 0) is 236 Å². The molecule has 3 aliphatic heterocycles. The maximum absolute atomic E-state index is 15.0. The van der Waals surface area contributed by atoms with E-state index in [1.54, 1.807) is 38.0 Å². The van der Waals surface area contributed by atoms with Gasteiger partial charge in [0.05, 0.1) is 22.7 Å². The molecule has 20 nitrogen and oxygen atoms in total. The number of hydrogen-bond donors (Lipinski definition) is 9. The van der Waals surface area contributed by atoms with E-state index in [1.807, 2.05) is 129 Å². The van der Waals surface area contributed by atoms with Crippen molar-refractivity contribution < 1.29 is 84.1 Å². The highest BCUT2D eigenvalue weighted by Crippen LogP contribution is 2.47. The Labute approximate surface area is 727 Å². The molecule has 688 valence electrons. The quantitative estimate of drug-likeness (QED) is 0.0100. The van der Waals surface area contributed by atoms with Crippen molar-refractivity contribution in [2.45, 2.75) is 248 Å². The Morgan fingerprint density at radius 1 is 0.520 bits per heavy atom. The number of nitrogens with zero attached hydrogens (tertiary/aromatic N) is 3. The first-order chi connectivity index (χ1) is 59.1. The van der Waals surface area contributed by atoms with Crippen LogP contribution in [-0.4, -0.2) is 199 Å². The van der Waals surface area contributed by atoms with E-state index < -0.39 is 75.6 Å². The highest BCUT2D eigenvalue weighted by molar-refractivity contribution is 5.76. The van der Waals surface area contributed by atoms with E-state index in [4.69, 9.17) is 23.7 Å². The molecule has 10 atom stereocenters. The summed E-state index contributed by atoms with van der Waals surface area (Å²) in [6.07, 6.45) is 15.8. The van der Waals surface area contributed by atoms with Crippen molar-refractivity contribution in [2.24, 2.45) is 35.5 Å². The molecule has 2 saturated carbocycles. The molecule has 5 aromatic carbocycles. The molecule has 10 rings (SSSR count). The molecule has 5 fully saturated rings. The topological polar surface area (TPSA) is 240 Å². The van der Waals surface area contributed by atoms with Gasteiger partial charge in [-0.3, -0.25) is 0 Å². The average molecular weight is 1730 g/mol. The number of amides is 6. The van der Waals surface area contributed by atoms with Crippen molar-refractivity contribution in [1.29, 1.82) is 0 Å². The first-order valence-electron chi connectivity index (χ1n) is 45.4. The number of likely N-dealkylation sites (tertiary alicyclic amines) is 3. The number of benzene rings is 5. The Morgan fingerprint density at radius 2 is 0.951 bits per heavy atom. The molecule has 0 spiro atoms. The van der Waals surface area contributed by atoms with Crippen LogP contribution in [0.2, 0.25) is 0 Å². The predicted octanol–water partition coefficient (Wildman–Crippen LogP) is 18.1. The van der Waals surface area contributed by atoms with Crippen molar-refractivity contribution in [1.82, 2.24) is 46.6 Å². The van der Waals surface area contributed by atoms with Gasteiger partial charge in [-0.1, -0.05) is 118 Å². The highest BCUT2D eigenvalue weighted by Gasteiger charge is 2.48. The number of ether oxygens (including phenoxy) is 5. The maximum atomic E-state index is 15.0. The molecule has 0 aromatic heterocycles. The molecule has 1 unspecified atom stereocenters. The van der Waals surface area contributed by atoms with Crippen LogP contribution in [0.5, 0.6) is 17.2 Å². The molecule has 5 aliphatic rings. The summed E-state index contributed by atoms with van der Waals surface area (Å²) < 4.78 is 126. The van der Waals surface area contributed by atoms with Gasteiger partial charge in [0, 0.05) is 153 Å². The third-order valence-electron chi connectivity index (χ3n) is 25.8. The number of methoxy groups -OCH3 is 2. The number of urea groups is 3. The fourth-order valence-electron chi connectivity index (χ4n) is 18.9. The van der Waals surface area contributed by atoms with E-state index in [1.165, 1.54) is 32.1 Å². The third-order valence-corrected chi connectivity index (χ3v) is 25.8. The monoisotopic (exact) mass is 1730 g/mol. The normalized spacial score (nSPS) is 21.5. The Morgan fingerprint density at radius 3 is 1.44 bits per heavy atom. The van der Waals surface area contributed by atoms with E-state index in [0.717, 1.165) is 101 Å². The van der Waals surface area contributed by atoms with Crippen LogP contribution < -0.4 is 41.4 Å². The number of para-hydroxylation sites is 3. The molecule has 0 radical (unpaired) electrons. The van der Waals surface area contributed by atoms with Crippen molar-refractivity contribution in [3.8, 4) is 17.2 Å². The van der Waals surface area contributed by atoms with Gasteiger partial charge in [0.2, 0.25) is 0 Å². The Balaban J connectivity index is 0.000000229. The molecule has 2 aliphatic carbocycles. The summed E-state index contributed by atoms with van der Waals surface area (Å²) in [5.74, 6) is -3.09. The van der Waals surface area contributed by atoms with E-state index in [0.29, 0.717) is 165 Å². The van der Waals surface area contributed by atoms with Crippen molar-refractivity contribution in [3.05, 3.63) is 161 Å². The predicted molar refractivity (Wildman–Crippen MR) is 469 cm³/mol. The molecular weight excluding hydrogens is 1590 g/mol. The van der Waals surface area contributed by atoms with Gasteiger partial charge in [-0.2, -0.15) is 13.2 Å². The summed E-state index contributed by atoms with van der Waals surface area (Å²) in [6, 6.07) is 34.6. The average Bonchev–Trinajstić information content (AvgIpc) is 0.788. The Bertz CT molecular complexity index is 3870. The smallest absolute Gasteiger partial charge is 0.391 e. The number of carbonyl (C=O) groups excluding carboxylic acids is 3. The minimum atomic E-state index is -4.33. The molecule has 5 aromatic rings. The number of halogens is 7. The number of likely N-dealkylation sites (N-methyl/N-ethyl adjacent to an activating group) is 3. The summed E-state index contributed by atoms with van der Waals surface area (Å²) in [5.41, 5.74) is -3.20. The molecule has 3 saturated heterocycles. The van der Waals surface area contributed by atoms with Crippen LogP contribution in [0, 0.1) is 53.0 Å². The lowest BCUT2D eigenvalue weighted by Crippen LogP contribution is -2.54. The zero-order chi connectivity index (χ0) is 88.8. The second-order valence-electron chi connectivity index (χ2n) is 35.2. The zero-order valence-corrected chi connectivity index (χ0v) is 74.3. The van der Waals surface area contributed by atoms with Crippen LogP contribution >= 0.6 is 0 Å². The molecule has 123 heavy (non-hydrogen) atoms. The van der Waals surface area contributed by atoms with Crippen LogP contribution in [0.1, 0.15) is 216 Å². The summed E-state index contributed by atoms with van der Waals surface area (Å²) >= 11 is 0. The number of nitrogens with one attached hydrogen (secondary N) is 6. The Hall–Kier alpha value is -7.34. The van der Waals surface area contributed by atoms with E-state index >= 15 is 0 Å². The standard InChI is InChI=1S/C35H53N3O4.C31H44F3N3O4.C30H47F4N3O3/c1-36-25-31(24-28-14-5-3-6-15-28)37-34(39)38-22-13-17-30(26-38)35(40,21-11-12-23-41-2)33-20-10-9-16-29(33)27-42-32-18-7-4-8-19-32;1-23(31(32,33)34)20-25(21-35-2)36-29(38)37-18-11-12-24(22-37)30(39,17-9-10-19-40-3)27-15-7-8-16-28(27)41-26-13-5-4-6-14-26;1-4-40-15-6-5-11-30(39,25-17-23(31)18-26(32)27(25)33)22-8-7-14-37(20-22)28(38)36-24(19-35-3)16-21-9-12-29(2,34)13-10-21/h4,7-10,16,18-20,28,30-31,36,40H,3,5-6,11-15,17,21-27H2,1-2H3,(H,37,39);4-8,13-16,23-25,35,39H,9-12,17-22H2,1-3H3,(H,36,38);17-18,21-22,24,35,39H,4-16,19-20H2,1-3H3,(H,36,38)/t30-,31+,35+;23?,24-,25+,30+;21?,22-,24+,29?,30+/m111/s1. The maximum Gasteiger partial charge on any atom is 0.391 e. The van der Waals surface area contributed by atoms with E-state index in [9.17, 15) is 60.4 Å². The molecular formula is C96H144F7N9O11. The van der Waals surface area contributed by atoms with Gasteiger partial charge in [-0.15, -0.1) is 0 Å². The Kier molecular flexibility index (Phi) is 42.3. The van der Waals surface area contributed by atoms with Crippen molar-refractivity contribution >= 4 is 18.1 Å². The van der Waals surface area contributed by atoms with Crippen molar-refractivity contribution in [3.63, 3.8) is 0 Å². The first-order valence-corrected chi connectivity index (χ1v) is 45.4. The van der Waals surface area contributed by atoms with E-state index in [2.05, 4.69) is 38.0 Å². The lowest BCUT2D eigenvalue weighted by Gasteiger charge is -2.44. The number of carbonyl (C=O) groups is 3. The molecule has 3 heterocycles. The first kappa shape index (κ1) is 101. The molecule has 0 bridgehead atoms. The number of piperidine rings is 3. The number of hydrogen-bond acceptors (Lipinski definition) is 14. The largest absolute Gasteiger partial charge is 0.489 e. The van der Waals surface area contributed by atoms with Crippen molar-refractivity contribution in [2.75, 3.05) is 121 Å². The van der Waals surface area contributed by atoms with Gasteiger partial charge in [0.15, 0.2) is 11.6 Å². The van der Waals surface area contributed by atoms with Gasteiger partial charge in [-0.25, -0.2) is 31.9 Å². The third kappa shape index (κ3) is 31.6. The minimum Gasteiger partial charge on any atom is -0.489 e.